The highest BCUT2D eigenvalue weighted by Gasteiger charge is 2.09. The first-order valence-corrected chi connectivity index (χ1v) is 5.76. The van der Waals surface area contributed by atoms with Gasteiger partial charge in [-0.25, -0.2) is 9.97 Å². The fourth-order valence-corrected chi connectivity index (χ4v) is 1.60. The molecule has 0 radical (unpaired) electrons. The average molecular weight is 296 g/mol. The third kappa shape index (κ3) is 3.13. The predicted molar refractivity (Wildman–Crippen MR) is 64.3 cm³/mol. The van der Waals surface area contributed by atoms with Crippen LogP contribution >= 0.6 is 15.9 Å². The molecule has 0 saturated carbocycles. The number of rotatable bonds is 3. The number of nitrogens with one attached hydrogen (secondary N) is 1. The fourth-order valence-electron chi connectivity index (χ4n) is 1.30. The van der Waals surface area contributed by atoms with E-state index in [9.17, 15) is 4.79 Å². The Morgan fingerprint density at radius 2 is 2.29 bits per heavy atom. The standard InChI is InChI=1S/C11H10BrN3O2/c1-7-13-5-4-8(15-7)6-14-11(16)9-2-3-10(12)17-9/h2-5H,6H2,1H3,(H,14,16). The van der Waals surface area contributed by atoms with Crippen LogP contribution in [-0.2, 0) is 6.54 Å². The van der Waals surface area contributed by atoms with Crippen molar-refractivity contribution in [3.05, 3.63) is 46.3 Å². The molecule has 2 heterocycles. The summed E-state index contributed by atoms with van der Waals surface area (Å²) in [6, 6.07) is 5.03. The smallest absolute Gasteiger partial charge is 0.287 e. The maximum atomic E-state index is 11.6. The van der Waals surface area contributed by atoms with E-state index in [1.807, 2.05) is 0 Å². The van der Waals surface area contributed by atoms with Crippen molar-refractivity contribution in [1.82, 2.24) is 15.3 Å². The van der Waals surface area contributed by atoms with Crippen molar-refractivity contribution in [2.45, 2.75) is 13.5 Å². The highest BCUT2D eigenvalue weighted by atomic mass is 79.9. The van der Waals surface area contributed by atoms with E-state index in [0.717, 1.165) is 5.69 Å². The third-order valence-corrected chi connectivity index (χ3v) is 2.49. The molecule has 0 unspecified atom stereocenters. The van der Waals surface area contributed by atoms with Crippen LogP contribution in [0.15, 0.2) is 33.5 Å². The summed E-state index contributed by atoms with van der Waals surface area (Å²) in [4.78, 5) is 19.8. The molecular formula is C11H10BrN3O2. The Hall–Kier alpha value is -1.69. The Bertz CT molecular complexity index is 539. The third-order valence-electron chi connectivity index (χ3n) is 2.06. The molecule has 0 bridgehead atoms. The quantitative estimate of drug-likeness (QED) is 0.941. The first-order chi connectivity index (χ1) is 8.15. The number of aryl methyl sites for hydroxylation is 1. The first-order valence-electron chi connectivity index (χ1n) is 4.97. The molecule has 0 aromatic carbocycles. The van der Waals surface area contributed by atoms with Gasteiger partial charge in [0.1, 0.15) is 5.82 Å². The molecule has 0 spiro atoms. The molecular weight excluding hydrogens is 286 g/mol. The number of halogens is 1. The molecule has 6 heteroatoms. The fraction of sp³-hybridized carbons (Fsp3) is 0.182. The monoisotopic (exact) mass is 295 g/mol. The zero-order valence-electron chi connectivity index (χ0n) is 9.11. The van der Waals surface area contributed by atoms with Crippen molar-refractivity contribution >= 4 is 21.8 Å². The SMILES string of the molecule is Cc1nccc(CNC(=O)c2ccc(Br)o2)n1. The summed E-state index contributed by atoms with van der Waals surface area (Å²) < 4.78 is 5.66. The summed E-state index contributed by atoms with van der Waals surface area (Å²) in [5.74, 6) is 0.673. The predicted octanol–water partition coefficient (Wildman–Crippen LogP) is 2.07. The molecule has 5 nitrogen and oxygen atoms in total. The van der Waals surface area contributed by atoms with Gasteiger partial charge in [-0.3, -0.25) is 4.79 Å². The van der Waals surface area contributed by atoms with Crippen LogP contribution in [-0.4, -0.2) is 15.9 Å². The van der Waals surface area contributed by atoms with Gasteiger partial charge in [-0.15, -0.1) is 0 Å². The Kier molecular flexibility index (Phi) is 3.53. The maximum Gasteiger partial charge on any atom is 0.287 e. The number of aromatic nitrogens is 2. The van der Waals surface area contributed by atoms with Crippen molar-refractivity contribution < 1.29 is 9.21 Å². The van der Waals surface area contributed by atoms with Gasteiger partial charge >= 0.3 is 0 Å². The number of hydrogen-bond donors (Lipinski definition) is 1. The molecule has 0 fully saturated rings. The molecule has 0 saturated heterocycles. The highest BCUT2D eigenvalue weighted by molar-refractivity contribution is 9.10. The molecule has 2 rings (SSSR count). The Labute approximate surface area is 106 Å². The van der Waals surface area contributed by atoms with E-state index in [-0.39, 0.29) is 11.7 Å². The van der Waals surface area contributed by atoms with E-state index >= 15 is 0 Å². The molecule has 2 aromatic heterocycles. The van der Waals surface area contributed by atoms with Crippen LogP contribution in [0.4, 0.5) is 0 Å². The second kappa shape index (κ2) is 5.09. The molecule has 2 aromatic rings. The Morgan fingerprint density at radius 3 is 2.94 bits per heavy atom. The molecule has 17 heavy (non-hydrogen) atoms. The Morgan fingerprint density at radius 1 is 1.47 bits per heavy atom. The van der Waals surface area contributed by atoms with Crippen LogP contribution in [0.2, 0.25) is 0 Å². The number of carbonyl (C=O) groups excluding carboxylic acids is 1. The number of nitrogens with zero attached hydrogens (tertiary/aromatic N) is 2. The highest BCUT2D eigenvalue weighted by Crippen LogP contribution is 2.13. The van der Waals surface area contributed by atoms with Crippen LogP contribution in [0.25, 0.3) is 0 Å². The van der Waals surface area contributed by atoms with Crippen molar-refractivity contribution in [2.75, 3.05) is 0 Å². The van der Waals surface area contributed by atoms with Gasteiger partial charge in [0.05, 0.1) is 12.2 Å². The Balaban J connectivity index is 1.97. The second-order valence-electron chi connectivity index (χ2n) is 3.38. The molecule has 0 aliphatic heterocycles. The molecule has 0 aliphatic rings. The molecule has 1 N–H and O–H groups in total. The lowest BCUT2D eigenvalue weighted by molar-refractivity contribution is 0.0921. The van der Waals surface area contributed by atoms with Gasteiger partial charge < -0.3 is 9.73 Å². The topological polar surface area (TPSA) is 68.0 Å². The number of amides is 1. The lowest BCUT2D eigenvalue weighted by atomic mass is 10.3. The van der Waals surface area contributed by atoms with Gasteiger partial charge in [-0.05, 0) is 41.1 Å². The number of furan rings is 1. The van der Waals surface area contributed by atoms with Gasteiger partial charge in [0, 0.05) is 6.20 Å². The van der Waals surface area contributed by atoms with Gasteiger partial charge in [0.15, 0.2) is 10.4 Å². The van der Waals surface area contributed by atoms with Crippen molar-refractivity contribution in [1.29, 1.82) is 0 Å². The van der Waals surface area contributed by atoms with Crippen LogP contribution in [0, 0.1) is 6.92 Å². The second-order valence-corrected chi connectivity index (χ2v) is 4.16. The molecule has 1 amide bonds. The van der Waals surface area contributed by atoms with Crippen molar-refractivity contribution in [3.8, 4) is 0 Å². The molecule has 88 valence electrons. The summed E-state index contributed by atoms with van der Waals surface area (Å²) in [5, 5.41) is 2.71. The lowest BCUT2D eigenvalue weighted by Gasteiger charge is -2.02. The maximum absolute atomic E-state index is 11.6. The van der Waals surface area contributed by atoms with Gasteiger partial charge in [0.25, 0.3) is 5.91 Å². The zero-order valence-corrected chi connectivity index (χ0v) is 10.7. The summed E-state index contributed by atoms with van der Waals surface area (Å²) in [6.07, 6.45) is 1.66. The minimum absolute atomic E-state index is 0.266. The van der Waals surface area contributed by atoms with Gasteiger partial charge in [0.2, 0.25) is 0 Å². The summed E-state index contributed by atoms with van der Waals surface area (Å²) in [6.45, 7) is 2.15. The van der Waals surface area contributed by atoms with E-state index in [0.29, 0.717) is 17.0 Å². The van der Waals surface area contributed by atoms with Crippen LogP contribution in [0.1, 0.15) is 22.1 Å². The van der Waals surface area contributed by atoms with Gasteiger partial charge in [-0.2, -0.15) is 0 Å². The molecule has 0 atom stereocenters. The zero-order chi connectivity index (χ0) is 12.3. The first kappa shape index (κ1) is 11.8. The average Bonchev–Trinajstić information content (AvgIpc) is 2.73. The van der Waals surface area contributed by atoms with E-state index in [4.69, 9.17) is 4.42 Å². The van der Waals surface area contributed by atoms with Gasteiger partial charge in [-0.1, -0.05) is 0 Å². The van der Waals surface area contributed by atoms with E-state index in [1.165, 1.54) is 0 Å². The molecule has 0 aliphatic carbocycles. The summed E-state index contributed by atoms with van der Waals surface area (Å²) in [5.41, 5.74) is 0.761. The van der Waals surface area contributed by atoms with Crippen molar-refractivity contribution in [3.63, 3.8) is 0 Å². The van der Waals surface area contributed by atoms with Crippen LogP contribution in [0.3, 0.4) is 0 Å². The van der Waals surface area contributed by atoms with Crippen molar-refractivity contribution in [2.24, 2.45) is 0 Å². The normalized spacial score (nSPS) is 10.2. The van der Waals surface area contributed by atoms with Crippen LogP contribution in [0.5, 0.6) is 0 Å². The number of carbonyl (C=O) groups is 1. The van der Waals surface area contributed by atoms with E-state index < -0.39 is 0 Å². The summed E-state index contributed by atoms with van der Waals surface area (Å²) in [7, 11) is 0. The number of hydrogen-bond acceptors (Lipinski definition) is 4. The largest absolute Gasteiger partial charge is 0.444 e. The summed E-state index contributed by atoms with van der Waals surface area (Å²) >= 11 is 3.14. The van der Waals surface area contributed by atoms with E-state index in [2.05, 4.69) is 31.2 Å². The van der Waals surface area contributed by atoms with Crippen LogP contribution < -0.4 is 5.32 Å². The lowest BCUT2D eigenvalue weighted by Crippen LogP contribution is -2.22. The minimum Gasteiger partial charge on any atom is -0.444 e. The minimum atomic E-state index is -0.271. The van der Waals surface area contributed by atoms with E-state index in [1.54, 1.807) is 31.3 Å².